The Labute approximate surface area is 169 Å². The normalized spacial score (nSPS) is 24.3. The Morgan fingerprint density at radius 3 is 2.66 bits per heavy atom. The molecule has 1 saturated heterocycles. The van der Waals surface area contributed by atoms with Crippen LogP contribution in [0.1, 0.15) is 62.1 Å². The minimum Gasteiger partial charge on any atom is -0.460 e. The van der Waals surface area contributed by atoms with Crippen LogP contribution in [0, 0.1) is 5.92 Å². The first kappa shape index (κ1) is 19.5. The number of benzene rings is 1. The molecule has 0 radical (unpaired) electrons. The maximum Gasteiger partial charge on any atom is 0.374 e. The van der Waals surface area contributed by atoms with Crippen LogP contribution in [0.5, 0.6) is 0 Å². The fourth-order valence-corrected chi connectivity index (χ4v) is 4.51. The lowest BCUT2D eigenvalue weighted by atomic mass is 9.75. The molecule has 2 aliphatic rings. The van der Waals surface area contributed by atoms with Crippen molar-refractivity contribution in [2.75, 3.05) is 6.61 Å². The average molecular weight is 398 g/mol. The number of rotatable bonds is 5. The first-order valence-electron chi connectivity index (χ1n) is 10.3. The quantitative estimate of drug-likeness (QED) is 0.607. The van der Waals surface area contributed by atoms with E-state index in [1.807, 2.05) is 12.1 Å². The third-order valence-electron chi connectivity index (χ3n) is 6.26. The maximum atomic E-state index is 13.3. The van der Waals surface area contributed by atoms with Gasteiger partial charge in [0.05, 0.1) is 13.2 Å². The standard InChI is InChI=1S/C22H26N2O5/c1-3-14-9-11-22(12-10-14)20(26)24(21(27)23-22)13-16-15-7-5-6-8-17(15)29-18(16)19(25)28-4-2/h5-8,14H,3-4,9-13H2,1-2H3,(H,23,27). The van der Waals surface area contributed by atoms with Gasteiger partial charge in [0.25, 0.3) is 5.91 Å². The van der Waals surface area contributed by atoms with Crippen LogP contribution < -0.4 is 5.32 Å². The Bertz CT molecular complexity index is 955. The minimum absolute atomic E-state index is 0.0191. The van der Waals surface area contributed by atoms with Gasteiger partial charge in [-0.05, 0) is 44.6 Å². The zero-order valence-electron chi connectivity index (χ0n) is 16.8. The Hall–Kier alpha value is -2.83. The molecule has 29 heavy (non-hydrogen) atoms. The molecule has 4 rings (SSSR count). The summed E-state index contributed by atoms with van der Waals surface area (Å²) in [5.41, 5.74) is 0.212. The van der Waals surface area contributed by atoms with Crippen molar-refractivity contribution in [3.8, 4) is 0 Å². The first-order valence-corrected chi connectivity index (χ1v) is 10.3. The van der Waals surface area contributed by atoms with Crippen molar-refractivity contribution in [2.45, 2.75) is 58.0 Å². The van der Waals surface area contributed by atoms with Crippen molar-refractivity contribution >= 4 is 28.9 Å². The highest BCUT2D eigenvalue weighted by atomic mass is 16.5. The Balaban J connectivity index is 1.65. The zero-order valence-corrected chi connectivity index (χ0v) is 16.8. The predicted molar refractivity (Wildman–Crippen MR) is 106 cm³/mol. The van der Waals surface area contributed by atoms with Gasteiger partial charge in [-0.25, -0.2) is 9.59 Å². The molecule has 3 amide bonds. The Morgan fingerprint density at radius 1 is 1.24 bits per heavy atom. The topological polar surface area (TPSA) is 88.8 Å². The second-order valence-corrected chi connectivity index (χ2v) is 7.88. The van der Waals surface area contributed by atoms with Gasteiger partial charge in [0.2, 0.25) is 5.76 Å². The van der Waals surface area contributed by atoms with Crippen LogP contribution in [-0.4, -0.2) is 35.0 Å². The van der Waals surface area contributed by atoms with E-state index in [0.29, 0.717) is 35.3 Å². The molecule has 1 saturated carbocycles. The van der Waals surface area contributed by atoms with E-state index >= 15 is 0 Å². The molecule has 0 atom stereocenters. The number of para-hydroxylation sites is 1. The highest BCUT2D eigenvalue weighted by Crippen LogP contribution is 2.39. The van der Waals surface area contributed by atoms with Crippen molar-refractivity contribution in [1.82, 2.24) is 10.2 Å². The second-order valence-electron chi connectivity index (χ2n) is 7.88. The van der Waals surface area contributed by atoms with Crippen molar-refractivity contribution in [1.29, 1.82) is 0 Å². The van der Waals surface area contributed by atoms with Gasteiger partial charge in [-0.2, -0.15) is 0 Å². The number of hydrogen-bond donors (Lipinski definition) is 1. The zero-order chi connectivity index (χ0) is 20.6. The van der Waals surface area contributed by atoms with E-state index in [1.165, 1.54) is 4.90 Å². The monoisotopic (exact) mass is 398 g/mol. The number of imide groups is 1. The second kappa shape index (κ2) is 7.54. The molecule has 2 aromatic rings. The van der Waals surface area contributed by atoms with E-state index in [9.17, 15) is 14.4 Å². The Morgan fingerprint density at radius 2 is 1.97 bits per heavy atom. The lowest BCUT2D eigenvalue weighted by molar-refractivity contribution is -0.133. The average Bonchev–Trinajstić information content (AvgIpc) is 3.20. The molecule has 0 unspecified atom stereocenters. The number of fused-ring (bicyclic) bond motifs is 1. The maximum absolute atomic E-state index is 13.3. The molecule has 1 spiro atoms. The number of hydrogen-bond acceptors (Lipinski definition) is 5. The number of amides is 3. The van der Waals surface area contributed by atoms with Crippen LogP contribution in [0.15, 0.2) is 28.7 Å². The first-order chi connectivity index (χ1) is 14.0. The van der Waals surface area contributed by atoms with Crippen molar-refractivity contribution in [3.63, 3.8) is 0 Å². The smallest absolute Gasteiger partial charge is 0.374 e. The van der Waals surface area contributed by atoms with Gasteiger partial charge in [0.1, 0.15) is 11.1 Å². The van der Waals surface area contributed by atoms with Gasteiger partial charge in [-0.15, -0.1) is 0 Å². The largest absolute Gasteiger partial charge is 0.460 e. The van der Waals surface area contributed by atoms with E-state index in [0.717, 1.165) is 19.3 Å². The third-order valence-corrected chi connectivity index (χ3v) is 6.26. The van der Waals surface area contributed by atoms with Gasteiger partial charge in [-0.1, -0.05) is 31.5 Å². The number of furan rings is 1. The van der Waals surface area contributed by atoms with E-state index < -0.39 is 17.5 Å². The van der Waals surface area contributed by atoms with Crippen LogP contribution in [0.25, 0.3) is 11.0 Å². The van der Waals surface area contributed by atoms with Crippen molar-refractivity contribution < 1.29 is 23.5 Å². The molecule has 1 aromatic carbocycles. The van der Waals surface area contributed by atoms with Gasteiger partial charge >= 0.3 is 12.0 Å². The summed E-state index contributed by atoms with van der Waals surface area (Å²) in [4.78, 5) is 39.6. The number of carbonyl (C=O) groups is 3. The summed E-state index contributed by atoms with van der Waals surface area (Å²) in [7, 11) is 0. The Kier molecular flexibility index (Phi) is 5.06. The van der Waals surface area contributed by atoms with Crippen molar-refractivity contribution in [3.05, 3.63) is 35.6 Å². The van der Waals surface area contributed by atoms with E-state index in [2.05, 4.69) is 12.2 Å². The molecule has 1 N–H and O–H groups in total. The summed E-state index contributed by atoms with van der Waals surface area (Å²) < 4.78 is 10.8. The predicted octanol–water partition coefficient (Wildman–Crippen LogP) is 4.00. The highest BCUT2D eigenvalue weighted by Gasteiger charge is 2.52. The highest BCUT2D eigenvalue weighted by molar-refractivity contribution is 6.07. The number of esters is 1. The van der Waals surface area contributed by atoms with Crippen LogP contribution in [-0.2, 0) is 16.1 Å². The number of nitrogens with zero attached hydrogens (tertiary/aromatic N) is 1. The molecule has 1 aliphatic heterocycles. The molecule has 2 heterocycles. The van der Waals surface area contributed by atoms with Gasteiger partial charge < -0.3 is 14.5 Å². The lowest BCUT2D eigenvalue weighted by Gasteiger charge is -2.34. The number of urea groups is 1. The summed E-state index contributed by atoms with van der Waals surface area (Å²) in [5.74, 6) is -0.155. The molecule has 7 nitrogen and oxygen atoms in total. The molecular formula is C22H26N2O5. The number of carbonyl (C=O) groups excluding carboxylic acids is 3. The molecule has 154 valence electrons. The van der Waals surface area contributed by atoms with Gasteiger partial charge in [-0.3, -0.25) is 9.69 Å². The van der Waals surface area contributed by atoms with Gasteiger partial charge in [0.15, 0.2) is 0 Å². The fourth-order valence-electron chi connectivity index (χ4n) is 4.51. The number of nitrogens with one attached hydrogen (secondary N) is 1. The fraction of sp³-hybridized carbons (Fsp3) is 0.500. The molecule has 1 aromatic heterocycles. The third kappa shape index (κ3) is 3.28. The summed E-state index contributed by atoms with van der Waals surface area (Å²) >= 11 is 0. The van der Waals surface area contributed by atoms with E-state index in [4.69, 9.17) is 9.15 Å². The summed E-state index contributed by atoms with van der Waals surface area (Å²) in [5, 5.41) is 3.64. The summed E-state index contributed by atoms with van der Waals surface area (Å²) in [6.45, 7) is 4.06. The molecular weight excluding hydrogens is 372 g/mol. The molecule has 7 heteroatoms. The summed E-state index contributed by atoms with van der Waals surface area (Å²) in [6.07, 6.45) is 4.26. The van der Waals surface area contributed by atoms with Crippen LogP contribution >= 0.6 is 0 Å². The SMILES string of the molecule is CCOC(=O)c1oc2ccccc2c1CN1C(=O)NC2(CCC(CC)CC2)C1=O. The van der Waals surface area contributed by atoms with Gasteiger partial charge in [0, 0.05) is 10.9 Å². The van der Waals surface area contributed by atoms with E-state index in [1.54, 1.807) is 19.1 Å². The lowest BCUT2D eigenvalue weighted by Crippen LogP contribution is -2.49. The molecule has 2 fully saturated rings. The molecule has 0 bridgehead atoms. The van der Waals surface area contributed by atoms with Crippen LogP contribution in [0.2, 0.25) is 0 Å². The van der Waals surface area contributed by atoms with Crippen molar-refractivity contribution in [2.24, 2.45) is 5.92 Å². The summed E-state index contributed by atoms with van der Waals surface area (Å²) in [6, 6.07) is 6.79. The van der Waals surface area contributed by atoms with Crippen LogP contribution in [0.4, 0.5) is 4.79 Å². The molecule has 1 aliphatic carbocycles. The van der Waals surface area contributed by atoms with E-state index in [-0.39, 0.29) is 24.8 Å². The van der Waals surface area contributed by atoms with Crippen LogP contribution in [0.3, 0.4) is 0 Å². The minimum atomic E-state index is -0.813. The number of ether oxygens (including phenoxy) is 1.